The number of nitrogen functional groups attached to an aromatic ring is 1. The SMILES string of the molecule is CC(C)COc1ccc(Cl)cc1Cn1nc(N)cc1C1CC1. The summed E-state index contributed by atoms with van der Waals surface area (Å²) in [4.78, 5) is 0. The van der Waals surface area contributed by atoms with E-state index in [-0.39, 0.29) is 0 Å². The summed E-state index contributed by atoms with van der Waals surface area (Å²) < 4.78 is 7.90. The molecule has 1 aliphatic carbocycles. The second-order valence-electron chi connectivity index (χ2n) is 6.38. The Kier molecular flexibility index (Phi) is 4.30. The number of benzene rings is 1. The van der Waals surface area contributed by atoms with Gasteiger partial charge in [0.05, 0.1) is 13.2 Å². The Morgan fingerprint density at radius 1 is 1.36 bits per heavy atom. The van der Waals surface area contributed by atoms with Gasteiger partial charge in [0.25, 0.3) is 0 Å². The number of anilines is 1. The van der Waals surface area contributed by atoms with Crippen LogP contribution in [0.3, 0.4) is 0 Å². The number of aromatic nitrogens is 2. The first-order valence-corrected chi connectivity index (χ1v) is 8.15. The Morgan fingerprint density at radius 2 is 2.14 bits per heavy atom. The number of nitrogens with two attached hydrogens (primary N) is 1. The number of hydrogen-bond donors (Lipinski definition) is 1. The van der Waals surface area contributed by atoms with Crippen LogP contribution >= 0.6 is 11.6 Å². The van der Waals surface area contributed by atoms with Gasteiger partial charge in [-0.25, -0.2) is 0 Å². The summed E-state index contributed by atoms with van der Waals surface area (Å²) in [7, 11) is 0. The van der Waals surface area contributed by atoms with Crippen molar-refractivity contribution >= 4 is 17.4 Å². The first kappa shape index (κ1) is 15.2. The van der Waals surface area contributed by atoms with Gasteiger partial charge in [0.2, 0.25) is 0 Å². The number of halogens is 1. The van der Waals surface area contributed by atoms with E-state index < -0.39 is 0 Å². The zero-order valence-corrected chi connectivity index (χ0v) is 13.8. The average Bonchev–Trinajstić information content (AvgIpc) is 3.22. The molecule has 1 heterocycles. The van der Waals surface area contributed by atoms with Crippen molar-refractivity contribution in [2.75, 3.05) is 12.3 Å². The van der Waals surface area contributed by atoms with Gasteiger partial charge < -0.3 is 10.5 Å². The molecular weight excluding hydrogens is 298 g/mol. The van der Waals surface area contributed by atoms with Gasteiger partial charge in [-0.3, -0.25) is 4.68 Å². The number of nitrogens with zero attached hydrogens (tertiary/aromatic N) is 2. The molecule has 0 unspecified atom stereocenters. The second kappa shape index (κ2) is 6.21. The summed E-state index contributed by atoms with van der Waals surface area (Å²) in [5.74, 6) is 2.53. The van der Waals surface area contributed by atoms with Gasteiger partial charge in [0.15, 0.2) is 0 Å². The first-order chi connectivity index (χ1) is 10.5. The lowest BCUT2D eigenvalue weighted by molar-refractivity contribution is 0.268. The van der Waals surface area contributed by atoms with Crippen LogP contribution in [-0.2, 0) is 6.54 Å². The largest absolute Gasteiger partial charge is 0.493 e. The highest BCUT2D eigenvalue weighted by Gasteiger charge is 2.28. The fourth-order valence-corrected chi connectivity index (χ4v) is 2.71. The number of ether oxygens (including phenoxy) is 1. The molecular formula is C17H22ClN3O. The maximum absolute atomic E-state index is 6.16. The Morgan fingerprint density at radius 3 is 2.82 bits per heavy atom. The van der Waals surface area contributed by atoms with E-state index in [0.29, 0.717) is 35.8 Å². The quantitative estimate of drug-likeness (QED) is 0.872. The van der Waals surface area contributed by atoms with Crippen LogP contribution in [0.25, 0.3) is 0 Å². The third-order valence-corrected chi connectivity index (χ3v) is 3.98. The molecule has 0 spiro atoms. The van der Waals surface area contributed by atoms with E-state index in [1.54, 1.807) is 0 Å². The van der Waals surface area contributed by atoms with Crippen LogP contribution in [0.4, 0.5) is 5.82 Å². The minimum absolute atomic E-state index is 0.478. The standard InChI is InChI=1S/C17H22ClN3O/c1-11(2)10-22-16-6-5-14(18)7-13(16)9-21-15(12-3-4-12)8-17(19)20-21/h5-8,11-12H,3-4,9-10H2,1-2H3,(H2,19,20). The highest BCUT2D eigenvalue weighted by atomic mass is 35.5. The Labute approximate surface area is 136 Å². The Bertz CT molecular complexity index is 662. The molecule has 3 rings (SSSR count). The zero-order chi connectivity index (χ0) is 15.7. The maximum Gasteiger partial charge on any atom is 0.145 e. The lowest BCUT2D eigenvalue weighted by Crippen LogP contribution is -2.10. The molecule has 22 heavy (non-hydrogen) atoms. The number of hydrogen-bond acceptors (Lipinski definition) is 3. The van der Waals surface area contributed by atoms with Gasteiger partial charge in [-0.05, 0) is 37.0 Å². The molecule has 118 valence electrons. The smallest absolute Gasteiger partial charge is 0.145 e. The summed E-state index contributed by atoms with van der Waals surface area (Å²) in [6.45, 7) is 5.59. The molecule has 0 atom stereocenters. The molecule has 1 aromatic heterocycles. The predicted octanol–water partition coefficient (Wildman–Crippen LogP) is 4.08. The normalized spacial score (nSPS) is 14.5. The molecule has 1 saturated carbocycles. The van der Waals surface area contributed by atoms with Gasteiger partial charge in [-0.1, -0.05) is 25.4 Å². The van der Waals surface area contributed by atoms with Crippen molar-refractivity contribution in [3.63, 3.8) is 0 Å². The first-order valence-electron chi connectivity index (χ1n) is 7.77. The molecule has 0 bridgehead atoms. The highest BCUT2D eigenvalue weighted by molar-refractivity contribution is 6.30. The minimum Gasteiger partial charge on any atom is -0.493 e. The van der Waals surface area contributed by atoms with E-state index in [4.69, 9.17) is 22.1 Å². The molecule has 1 fully saturated rings. The Balaban J connectivity index is 1.86. The molecule has 2 N–H and O–H groups in total. The van der Waals surface area contributed by atoms with Crippen molar-refractivity contribution < 1.29 is 4.74 Å². The Hall–Kier alpha value is -1.68. The van der Waals surface area contributed by atoms with E-state index in [1.165, 1.54) is 18.5 Å². The third-order valence-electron chi connectivity index (χ3n) is 3.74. The summed E-state index contributed by atoms with van der Waals surface area (Å²) >= 11 is 6.16. The van der Waals surface area contributed by atoms with E-state index in [9.17, 15) is 0 Å². The summed E-state index contributed by atoms with van der Waals surface area (Å²) in [5, 5.41) is 5.14. The van der Waals surface area contributed by atoms with Gasteiger partial charge >= 0.3 is 0 Å². The van der Waals surface area contributed by atoms with Crippen LogP contribution in [0.1, 0.15) is 43.9 Å². The van der Waals surface area contributed by atoms with Crippen LogP contribution < -0.4 is 10.5 Å². The molecule has 5 heteroatoms. The molecule has 0 saturated heterocycles. The fraction of sp³-hybridized carbons (Fsp3) is 0.471. The summed E-state index contributed by atoms with van der Waals surface area (Å²) in [6.07, 6.45) is 2.44. The van der Waals surface area contributed by atoms with Crippen LogP contribution in [-0.4, -0.2) is 16.4 Å². The minimum atomic E-state index is 0.478. The predicted molar refractivity (Wildman–Crippen MR) is 89.5 cm³/mol. The van der Waals surface area contributed by atoms with E-state index >= 15 is 0 Å². The molecule has 0 aliphatic heterocycles. The van der Waals surface area contributed by atoms with Crippen molar-refractivity contribution in [3.8, 4) is 5.75 Å². The van der Waals surface area contributed by atoms with Gasteiger partial charge in [0.1, 0.15) is 11.6 Å². The molecule has 2 aromatic rings. The molecule has 0 amide bonds. The second-order valence-corrected chi connectivity index (χ2v) is 6.82. The lowest BCUT2D eigenvalue weighted by atomic mass is 10.2. The van der Waals surface area contributed by atoms with Crippen molar-refractivity contribution in [1.82, 2.24) is 9.78 Å². The van der Waals surface area contributed by atoms with Crippen LogP contribution in [0, 0.1) is 5.92 Å². The summed E-state index contributed by atoms with van der Waals surface area (Å²) in [5.41, 5.74) is 8.13. The molecule has 1 aromatic carbocycles. The summed E-state index contributed by atoms with van der Waals surface area (Å²) in [6, 6.07) is 7.73. The van der Waals surface area contributed by atoms with Gasteiger partial charge in [-0.2, -0.15) is 5.10 Å². The maximum atomic E-state index is 6.16. The highest BCUT2D eigenvalue weighted by Crippen LogP contribution is 2.41. The van der Waals surface area contributed by atoms with Crippen molar-refractivity contribution in [2.45, 2.75) is 39.2 Å². The molecule has 1 aliphatic rings. The van der Waals surface area contributed by atoms with Crippen LogP contribution in [0.5, 0.6) is 5.75 Å². The third kappa shape index (κ3) is 3.55. The van der Waals surface area contributed by atoms with E-state index in [0.717, 1.165) is 11.3 Å². The van der Waals surface area contributed by atoms with Crippen molar-refractivity contribution in [1.29, 1.82) is 0 Å². The van der Waals surface area contributed by atoms with Crippen LogP contribution in [0.2, 0.25) is 5.02 Å². The molecule has 0 radical (unpaired) electrons. The topological polar surface area (TPSA) is 53.1 Å². The lowest BCUT2D eigenvalue weighted by Gasteiger charge is -2.15. The zero-order valence-electron chi connectivity index (χ0n) is 13.1. The number of rotatable bonds is 6. The van der Waals surface area contributed by atoms with E-state index in [2.05, 4.69) is 18.9 Å². The fourth-order valence-electron chi connectivity index (χ4n) is 2.52. The van der Waals surface area contributed by atoms with E-state index in [1.807, 2.05) is 28.9 Å². The van der Waals surface area contributed by atoms with Gasteiger partial charge in [-0.15, -0.1) is 0 Å². The monoisotopic (exact) mass is 319 g/mol. The van der Waals surface area contributed by atoms with Crippen LogP contribution in [0.15, 0.2) is 24.3 Å². The van der Waals surface area contributed by atoms with Crippen molar-refractivity contribution in [3.05, 3.63) is 40.5 Å². The molecule has 4 nitrogen and oxygen atoms in total. The van der Waals surface area contributed by atoms with Crippen molar-refractivity contribution in [2.24, 2.45) is 5.92 Å². The van der Waals surface area contributed by atoms with Gasteiger partial charge in [0, 0.05) is 28.3 Å². The average molecular weight is 320 g/mol.